The summed E-state index contributed by atoms with van der Waals surface area (Å²) in [7, 11) is 1.79. The van der Waals surface area contributed by atoms with Crippen molar-refractivity contribution in [2.24, 2.45) is 5.92 Å². The average molecular weight is 242 g/mol. The maximum Gasteiger partial charge on any atom is 0.0589 e. The summed E-state index contributed by atoms with van der Waals surface area (Å²) in [4.78, 5) is 5.23. The number of nitrogens with zero attached hydrogens (tertiary/aromatic N) is 2. The molecule has 0 radical (unpaired) electrons. The van der Waals surface area contributed by atoms with E-state index in [1.807, 2.05) is 0 Å². The Morgan fingerprint density at radius 2 is 2.00 bits per heavy atom. The normalized spacial score (nSPS) is 23.5. The lowest BCUT2D eigenvalue weighted by molar-refractivity contribution is 0.0480. The lowest BCUT2D eigenvalue weighted by Gasteiger charge is -2.41. The van der Waals surface area contributed by atoms with Crippen LogP contribution in [0, 0.1) is 5.92 Å². The van der Waals surface area contributed by atoms with E-state index in [1.54, 1.807) is 7.11 Å². The molecule has 1 unspecified atom stereocenters. The first-order chi connectivity index (χ1) is 8.17. The molecule has 0 saturated carbocycles. The number of methoxy groups -OCH3 is 1. The Balaban J connectivity index is 2.32. The van der Waals surface area contributed by atoms with Crippen LogP contribution in [0.5, 0.6) is 0 Å². The molecule has 17 heavy (non-hydrogen) atoms. The van der Waals surface area contributed by atoms with Gasteiger partial charge in [0, 0.05) is 39.3 Å². The molecule has 1 aliphatic heterocycles. The molecular formula is C14H30N2O. The molecule has 0 aromatic carbocycles. The van der Waals surface area contributed by atoms with Gasteiger partial charge in [-0.3, -0.25) is 4.90 Å². The summed E-state index contributed by atoms with van der Waals surface area (Å²) in [6.07, 6.45) is 2.58. The molecule has 1 fully saturated rings. The highest BCUT2D eigenvalue weighted by Gasteiger charge is 2.24. The van der Waals surface area contributed by atoms with Gasteiger partial charge < -0.3 is 9.64 Å². The summed E-state index contributed by atoms with van der Waals surface area (Å²) in [5.41, 5.74) is 0. The van der Waals surface area contributed by atoms with Crippen LogP contribution in [-0.2, 0) is 4.74 Å². The summed E-state index contributed by atoms with van der Waals surface area (Å²) in [5.74, 6) is 0.821. The second-order valence-electron chi connectivity index (χ2n) is 5.57. The van der Waals surface area contributed by atoms with Gasteiger partial charge in [-0.1, -0.05) is 20.8 Å². The molecule has 1 heterocycles. The van der Waals surface area contributed by atoms with E-state index in [-0.39, 0.29) is 0 Å². The second kappa shape index (κ2) is 8.06. The molecule has 3 heteroatoms. The monoisotopic (exact) mass is 242 g/mol. The molecule has 0 spiro atoms. The van der Waals surface area contributed by atoms with Crippen molar-refractivity contribution >= 4 is 0 Å². The summed E-state index contributed by atoms with van der Waals surface area (Å²) >= 11 is 0. The van der Waals surface area contributed by atoms with Gasteiger partial charge in [0.1, 0.15) is 0 Å². The molecule has 1 atom stereocenters. The first-order valence-corrected chi connectivity index (χ1v) is 7.12. The quantitative estimate of drug-likeness (QED) is 0.680. The summed E-state index contributed by atoms with van der Waals surface area (Å²) in [6, 6.07) is 0.728. The highest BCUT2D eigenvalue weighted by atomic mass is 16.5. The lowest BCUT2D eigenvalue weighted by atomic mass is 10.1. The van der Waals surface area contributed by atoms with Crippen LogP contribution in [0.1, 0.15) is 33.6 Å². The molecule has 0 aromatic rings. The Bertz CT molecular complexity index is 197. The van der Waals surface area contributed by atoms with Crippen molar-refractivity contribution in [1.29, 1.82) is 0 Å². The largest absolute Gasteiger partial charge is 0.383 e. The standard InChI is InChI=1S/C14H30N2O/c1-5-14-12-15(7-6-13(2)3)8-9-16(14)10-11-17-4/h13-14H,5-12H2,1-4H3. The second-order valence-corrected chi connectivity index (χ2v) is 5.57. The molecule has 0 bridgehead atoms. The fraction of sp³-hybridized carbons (Fsp3) is 1.00. The number of ether oxygens (including phenoxy) is 1. The van der Waals surface area contributed by atoms with Crippen molar-refractivity contribution in [3.05, 3.63) is 0 Å². The Morgan fingerprint density at radius 1 is 1.24 bits per heavy atom. The maximum absolute atomic E-state index is 5.19. The number of hydrogen-bond donors (Lipinski definition) is 0. The van der Waals surface area contributed by atoms with Gasteiger partial charge in [0.15, 0.2) is 0 Å². The Morgan fingerprint density at radius 3 is 2.59 bits per heavy atom. The minimum atomic E-state index is 0.728. The van der Waals surface area contributed by atoms with Gasteiger partial charge in [-0.2, -0.15) is 0 Å². The van der Waals surface area contributed by atoms with E-state index in [9.17, 15) is 0 Å². The fourth-order valence-corrected chi connectivity index (χ4v) is 2.49. The van der Waals surface area contributed by atoms with E-state index in [4.69, 9.17) is 4.74 Å². The van der Waals surface area contributed by atoms with Crippen LogP contribution in [0.3, 0.4) is 0 Å². The van der Waals surface area contributed by atoms with Crippen LogP contribution in [0.2, 0.25) is 0 Å². The summed E-state index contributed by atoms with van der Waals surface area (Å²) in [6.45, 7) is 13.8. The first kappa shape index (κ1) is 14.9. The molecule has 1 saturated heterocycles. The van der Waals surface area contributed by atoms with Gasteiger partial charge in [0.2, 0.25) is 0 Å². The predicted molar refractivity (Wildman–Crippen MR) is 73.4 cm³/mol. The minimum absolute atomic E-state index is 0.728. The first-order valence-electron chi connectivity index (χ1n) is 7.12. The zero-order chi connectivity index (χ0) is 12.7. The minimum Gasteiger partial charge on any atom is -0.383 e. The molecule has 1 aliphatic rings. The Hall–Kier alpha value is -0.120. The fourth-order valence-electron chi connectivity index (χ4n) is 2.49. The zero-order valence-electron chi connectivity index (χ0n) is 12.1. The molecule has 0 amide bonds. The predicted octanol–water partition coefficient (Wildman–Crippen LogP) is 2.08. The van der Waals surface area contributed by atoms with Gasteiger partial charge in [-0.15, -0.1) is 0 Å². The van der Waals surface area contributed by atoms with Crippen LogP contribution >= 0.6 is 0 Å². The van der Waals surface area contributed by atoms with Crippen molar-refractivity contribution in [3.63, 3.8) is 0 Å². The number of rotatable bonds is 7. The summed E-state index contributed by atoms with van der Waals surface area (Å²) < 4.78 is 5.19. The van der Waals surface area contributed by atoms with Crippen LogP contribution in [0.15, 0.2) is 0 Å². The molecular weight excluding hydrogens is 212 g/mol. The maximum atomic E-state index is 5.19. The SMILES string of the molecule is CCC1CN(CCC(C)C)CCN1CCOC. The van der Waals surface area contributed by atoms with Crippen molar-refractivity contribution in [3.8, 4) is 0 Å². The van der Waals surface area contributed by atoms with E-state index < -0.39 is 0 Å². The molecule has 1 rings (SSSR count). The molecule has 102 valence electrons. The highest BCUT2D eigenvalue weighted by molar-refractivity contribution is 4.81. The zero-order valence-corrected chi connectivity index (χ0v) is 12.1. The lowest BCUT2D eigenvalue weighted by Crippen LogP contribution is -2.53. The Kier molecular flexibility index (Phi) is 7.09. The van der Waals surface area contributed by atoms with Crippen molar-refractivity contribution in [2.75, 3.05) is 46.4 Å². The molecule has 0 aliphatic carbocycles. The van der Waals surface area contributed by atoms with Crippen molar-refractivity contribution < 1.29 is 4.74 Å². The van der Waals surface area contributed by atoms with Crippen LogP contribution in [0.25, 0.3) is 0 Å². The van der Waals surface area contributed by atoms with Crippen LogP contribution < -0.4 is 0 Å². The van der Waals surface area contributed by atoms with E-state index in [1.165, 1.54) is 39.0 Å². The number of piperazine rings is 1. The highest BCUT2D eigenvalue weighted by Crippen LogP contribution is 2.14. The van der Waals surface area contributed by atoms with Crippen LogP contribution in [0.4, 0.5) is 0 Å². The number of hydrogen-bond acceptors (Lipinski definition) is 3. The molecule has 3 nitrogen and oxygen atoms in total. The van der Waals surface area contributed by atoms with Gasteiger partial charge in [-0.25, -0.2) is 0 Å². The van der Waals surface area contributed by atoms with Gasteiger partial charge in [-0.05, 0) is 25.3 Å². The van der Waals surface area contributed by atoms with E-state index in [0.29, 0.717) is 0 Å². The van der Waals surface area contributed by atoms with Gasteiger partial charge >= 0.3 is 0 Å². The molecule has 0 aromatic heterocycles. The van der Waals surface area contributed by atoms with Gasteiger partial charge in [0.25, 0.3) is 0 Å². The summed E-state index contributed by atoms with van der Waals surface area (Å²) in [5, 5.41) is 0. The van der Waals surface area contributed by atoms with Crippen molar-refractivity contribution in [2.45, 2.75) is 39.7 Å². The third-order valence-corrected chi connectivity index (χ3v) is 3.77. The van der Waals surface area contributed by atoms with E-state index in [2.05, 4.69) is 30.6 Å². The third-order valence-electron chi connectivity index (χ3n) is 3.77. The topological polar surface area (TPSA) is 15.7 Å². The van der Waals surface area contributed by atoms with E-state index >= 15 is 0 Å². The Labute approximate surface area is 107 Å². The van der Waals surface area contributed by atoms with Crippen LogP contribution in [-0.4, -0.2) is 62.3 Å². The third kappa shape index (κ3) is 5.36. The average Bonchev–Trinajstić information content (AvgIpc) is 2.34. The van der Waals surface area contributed by atoms with Gasteiger partial charge in [0.05, 0.1) is 6.61 Å². The van der Waals surface area contributed by atoms with E-state index in [0.717, 1.165) is 25.1 Å². The van der Waals surface area contributed by atoms with Crippen molar-refractivity contribution in [1.82, 2.24) is 9.80 Å². The molecule has 0 N–H and O–H groups in total. The smallest absolute Gasteiger partial charge is 0.0589 e.